The van der Waals surface area contributed by atoms with Gasteiger partial charge in [0.2, 0.25) is 12.2 Å². The van der Waals surface area contributed by atoms with Crippen molar-refractivity contribution in [1.82, 2.24) is 0 Å². The minimum atomic E-state index is -1.35. The van der Waals surface area contributed by atoms with Crippen molar-refractivity contribution in [2.75, 3.05) is 13.7 Å². The van der Waals surface area contributed by atoms with Crippen molar-refractivity contribution in [3.8, 4) is 0 Å². The summed E-state index contributed by atoms with van der Waals surface area (Å²) in [6, 6.07) is 0. The van der Waals surface area contributed by atoms with Crippen molar-refractivity contribution in [2.45, 2.75) is 52.1 Å². The van der Waals surface area contributed by atoms with Crippen molar-refractivity contribution in [1.29, 1.82) is 0 Å². The molecule has 0 aliphatic carbocycles. The van der Waals surface area contributed by atoms with Crippen LogP contribution in [-0.2, 0) is 47.7 Å². The first-order chi connectivity index (χ1) is 12.1. The summed E-state index contributed by atoms with van der Waals surface area (Å²) in [6.45, 7) is 4.18. The van der Waals surface area contributed by atoms with Gasteiger partial charge < -0.3 is 28.5 Å². The summed E-state index contributed by atoms with van der Waals surface area (Å²) in [6.07, 6.45) is -5.12. The van der Waals surface area contributed by atoms with Gasteiger partial charge in [-0.2, -0.15) is 0 Å². The molecule has 0 saturated carbocycles. The summed E-state index contributed by atoms with van der Waals surface area (Å²) in [5.74, 6) is -3.04. The predicted molar refractivity (Wildman–Crippen MR) is 82.6 cm³/mol. The number of hydrogen-bond donors (Lipinski definition) is 0. The molecular weight excluding hydrogens is 354 g/mol. The van der Waals surface area contributed by atoms with Crippen LogP contribution in [-0.4, -0.2) is 67.9 Å². The van der Waals surface area contributed by atoms with E-state index in [-0.39, 0.29) is 12.5 Å². The molecule has 0 N–H and O–H groups in total. The van der Waals surface area contributed by atoms with E-state index >= 15 is 0 Å². The van der Waals surface area contributed by atoms with Crippen LogP contribution in [0.2, 0.25) is 0 Å². The third-order valence-electron chi connectivity index (χ3n) is 3.07. The molecule has 0 aromatic carbocycles. The number of hydrogen-bond acceptors (Lipinski definition) is 11. The zero-order valence-electron chi connectivity index (χ0n) is 15.0. The minimum absolute atomic E-state index is 0.228. The summed E-state index contributed by atoms with van der Waals surface area (Å²) in [5.41, 5.74) is 0. The molecule has 1 heterocycles. The molecule has 0 spiro atoms. The second-order valence-electron chi connectivity index (χ2n) is 5.26. The highest BCUT2D eigenvalue weighted by Crippen LogP contribution is 2.24. The Kier molecular flexibility index (Phi) is 7.81. The molecule has 146 valence electrons. The fraction of sp³-hybridized carbons (Fsp3) is 0.667. The van der Waals surface area contributed by atoms with Gasteiger partial charge in [0, 0.05) is 27.7 Å². The lowest BCUT2D eigenvalue weighted by atomic mass is 10.0. The van der Waals surface area contributed by atoms with Crippen LogP contribution in [0, 0.1) is 0 Å². The summed E-state index contributed by atoms with van der Waals surface area (Å²) in [4.78, 5) is 50.8. The van der Waals surface area contributed by atoms with E-state index in [0.29, 0.717) is 0 Å². The first-order valence-corrected chi connectivity index (χ1v) is 7.58. The Morgan fingerprint density at radius 1 is 0.885 bits per heavy atom. The molecule has 11 heteroatoms. The lowest BCUT2D eigenvalue weighted by molar-refractivity contribution is -0.192. The molecule has 0 fully saturated rings. The largest absolute Gasteiger partial charge is 0.479 e. The molecule has 1 aliphatic heterocycles. The second kappa shape index (κ2) is 9.59. The monoisotopic (exact) mass is 375 g/mol. The Hall–Kier alpha value is -2.85. The third-order valence-corrected chi connectivity index (χ3v) is 3.07. The van der Waals surface area contributed by atoms with E-state index in [1.807, 2.05) is 0 Å². The van der Waals surface area contributed by atoms with E-state index in [1.54, 1.807) is 0 Å². The number of carbonyl (C=O) groups excluding carboxylic acids is 4. The van der Waals surface area contributed by atoms with Crippen LogP contribution in [0.4, 0.5) is 0 Å². The Labute approximate surface area is 149 Å². The van der Waals surface area contributed by atoms with Gasteiger partial charge in [-0.3, -0.25) is 19.2 Å². The number of ether oxygens (including phenoxy) is 5. The Morgan fingerprint density at radius 2 is 1.42 bits per heavy atom. The fourth-order valence-corrected chi connectivity index (χ4v) is 2.19. The van der Waals surface area contributed by atoms with Crippen molar-refractivity contribution in [2.24, 2.45) is 5.16 Å². The fourth-order valence-electron chi connectivity index (χ4n) is 2.19. The summed E-state index contributed by atoms with van der Waals surface area (Å²) >= 11 is 0. The molecule has 0 saturated heterocycles. The third kappa shape index (κ3) is 6.22. The second-order valence-corrected chi connectivity index (χ2v) is 5.26. The molecule has 0 aromatic heterocycles. The maximum Gasteiger partial charge on any atom is 0.303 e. The standard InChI is InChI=1S/C15H21NO10/c1-7(17)22-6-11-12(23-8(2)18)13(24-9(3)19)14(25-10(4)20)15(21-5)16-26-11/h11-14H,6H2,1-5H3/t11-,12-,13+,14-/m1/s1. The van der Waals surface area contributed by atoms with Gasteiger partial charge in [0.25, 0.3) is 5.90 Å². The van der Waals surface area contributed by atoms with Crippen molar-refractivity contribution in [3.63, 3.8) is 0 Å². The van der Waals surface area contributed by atoms with Gasteiger partial charge in [-0.25, -0.2) is 0 Å². The lowest BCUT2D eigenvalue weighted by Gasteiger charge is -2.31. The van der Waals surface area contributed by atoms with Crippen LogP contribution in [0.1, 0.15) is 27.7 Å². The first kappa shape index (κ1) is 21.2. The van der Waals surface area contributed by atoms with Gasteiger partial charge in [-0.15, -0.1) is 0 Å². The van der Waals surface area contributed by atoms with Crippen LogP contribution in [0.15, 0.2) is 5.16 Å². The number of nitrogens with zero attached hydrogens (tertiary/aromatic N) is 1. The number of rotatable bonds is 5. The zero-order valence-corrected chi connectivity index (χ0v) is 15.0. The predicted octanol–water partition coefficient (Wildman–Crippen LogP) is -0.297. The maximum atomic E-state index is 11.5. The molecule has 0 bridgehead atoms. The molecular formula is C15H21NO10. The molecule has 0 amide bonds. The Bertz CT molecular complexity index is 587. The SMILES string of the molecule is COC1=NO[C@H](COC(C)=O)[C@@H](OC(C)=O)[C@H](OC(C)=O)[C@H]1OC(C)=O. The minimum Gasteiger partial charge on any atom is -0.479 e. The average Bonchev–Trinajstić information content (AvgIpc) is 2.63. The molecule has 0 unspecified atom stereocenters. The van der Waals surface area contributed by atoms with Crippen LogP contribution in [0.5, 0.6) is 0 Å². The van der Waals surface area contributed by atoms with Crippen molar-refractivity contribution in [3.05, 3.63) is 0 Å². The normalized spacial score (nSPS) is 24.9. The topological polar surface area (TPSA) is 136 Å². The molecule has 1 aliphatic rings. The van der Waals surface area contributed by atoms with Gasteiger partial charge in [0.1, 0.15) is 6.61 Å². The molecule has 0 aromatic rings. The summed E-state index contributed by atoms with van der Waals surface area (Å²) in [5, 5.41) is 3.69. The van der Waals surface area contributed by atoms with Gasteiger partial charge in [0.15, 0.2) is 12.2 Å². The van der Waals surface area contributed by atoms with Crippen molar-refractivity contribution >= 4 is 29.8 Å². The smallest absolute Gasteiger partial charge is 0.303 e. The first-order valence-electron chi connectivity index (χ1n) is 7.58. The average molecular weight is 375 g/mol. The van der Waals surface area contributed by atoms with Crippen LogP contribution < -0.4 is 0 Å². The lowest BCUT2D eigenvalue weighted by Crippen LogP contribution is -2.53. The molecule has 4 atom stereocenters. The van der Waals surface area contributed by atoms with E-state index in [1.165, 1.54) is 14.0 Å². The number of methoxy groups -OCH3 is 1. The molecule has 0 radical (unpaired) electrons. The van der Waals surface area contributed by atoms with Gasteiger partial charge in [-0.05, 0) is 5.16 Å². The zero-order chi connectivity index (χ0) is 19.9. The highest BCUT2D eigenvalue weighted by atomic mass is 16.7. The number of esters is 4. The van der Waals surface area contributed by atoms with Gasteiger partial charge >= 0.3 is 23.9 Å². The highest BCUT2D eigenvalue weighted by molar-refractivity contribution is 5.84. The number of oxime groups is 1. The van der Waals surface area contributed by atoms with E-state index < -0.39 is 48.3 Å². The highest BCUT2D eigenvalue weighted by Gasteiger charge is 2.48. The summed E-state index contributed by atoms with van der Waals surface area (Å²) < 4.78 is 25.4. The van der Waals surface area contributed by atoms with E-state index in [0.717, 1.165) is 20.8 Å². The molecule has 26 heavy (non-hydrogen) atoms. The van der Waals surface area contributed by atoms with Crippen molar-refractivity contribution < 1.29 is 47.7 Å². The van der Waals surface area contributed by atoms with Gasteiger partial charge in [-0.1, -0.05) is 0 Å². The van der Waals surface area contributed by atoms with E-state index in [4.69, 9.17) is 28.5 Å². The summed E-state index contributed by atoms with van der Waals surface area (Å²) in [7, 11) is 1.23. The maximum absolute atomic E-state index is 11.5. The van der Waals surface area contributed by atoms with Crippen LogP contribution in [0.3, 0.4) is 0 Å². The van der Waals surface area contributed by atoms with E-state index in [2.05, 4.69) is 5.16 Å². The number of carbonyl (C=O) groups is 4. The Morgan fingerprint density at radius 3 is 1.88 bits per heavy atom. The van der Waals surface area contributed by atoms with Crippen LogP contribution in [0.25, 0.3) is 0 Å². The quantitative estimate of drug-likeness (QED) is 0.465. The van der Waals surface area contributed by atoms with Gasteiger partial charge in [0.05, 0.1) is 7.11 Å². The van der Waals surface area contributed by atoms with Crippen LogP contribution >= 0.6 is 0 Å². The Balaban J connectivity index is 3.32. The molecule has 11 nitrogen and oxygen atoms in total. The molecule has 1 rings (SSSR count). The van der Waals surface area contributed by atoms with E-state index in [9.17, 15) is 19.2 Å².